The maximum absolute atomic E-state index is 12.6. The quantitative estimate of drug-likeness (QED) is 0.534. The molecule has 0 atom stereocenters. The summed E-state index contributed by atoms with van der Waals surface area (Å²) in [5, 5.41) is 0. The summed E-state index contributed by atoms with van der Waals surface area (Å²) in [6.45, 7) is 4.16. The van der Waals surface area contributed by atoms with E-state index < -0.39 is 0 Å². The van der Waals surface area contributed by atoms with Crippen LogP contribution in [0.2, 0.25) is 0 Å². The van der Waals surface area contributed by atoms with E-state index in [4.69, 9.17) is 14.2 Å². The van der Waals surface area contributed by atoms with E-state index in [1.54, 1.807) is 25.3 Å². The lowest BCUT2D eigenvalue weighted by atomic mass is 10.1. The Labute approximate surface area is 165 Å². The molecule has 2 heterocycles. The molecule has 1 fully saturated rings. The van der Waals surface area contributed by atoms with E-state index in [2.05, 4.69) is 4.90 Å². The van der Waals surface area contributed by atoms with Gasteiger partial charge < -0.3 is 19.1 Å². The van der Waals surface area contributed by atoms with Crippen molar-refractivity contribution in [3.63, 3.8) is 0 Å². The second kappa shape index (κ2) is 8.48. The van der Waals surface area contributed by atoms with Crippen molar-refractivity contribution >= 4 is 11.9 Å². The highest BCUT2D eigenvalue weighted by Gasteiger charge is 2.27. The van der Waals surface area contributed by atoms with Crippen LogP contribution in [-0.4, -0.2) is 44.0 Å². The molecule has 5 heteroatoms. The number of benzene rings is 2. The summed E-state index contributed by atoms with van der Waals surface area (Å²) in [4.78, 5) is 15.1. The Bertz CT molecular complexity index is 867. The van der Waals surface area contributed by atoms with Crippen molar-refractivity contribution in [2.24, 2.45) is 0 Å². The number of ketones is 1. The van der Waals surface area contributed by atoms with E-state index in [9.17, 15) is 4.79 Å². The number of carbonyl (C=O) groups is 1. The first-order valence-electron chi connectivity index (χ1n) is 9.80. The standard InChI is InChI=1S/C23H25NO4/c1-26-18-7-5-17(6-8-18)15-22-23(25)20-10-9-19(16-21(20)28-22)27-14-4-13-24-11-2-3-12-24/h5-10,15-16H,2-4,11-14H2,1H3/b22-15-. The fourth-order valence-corrected chi connectivity index (χ4v) is 3.59. The van der Waals surface area contributed by atoms with Crippen molar-refractivity contribution in [3.8, 4) is 17.2 Å². The predicted octanol–water partition coefficient (Wildman–Crippen LogP) is 4.18. The first-order valence-corrected chi connectivity index (χ1v) is 9.80. The van der Waals surface area contributed by atoms with E-state index >= 15 is 0 Å². The van der Waals surface area contributed by atoms with Crippen molar-refractivity contribution < 1.29 is 19.0 Å². The van der Waals surface area contributed by atoms with Crippen molar-refractivity contribution in [1.82, 2.24) is 4.90 Å². The van der Waals surface area contributed by atoms with Crippen LogP contribution in [0, 0.1) is 0 Å². The normalized spacial score (nSPS) is 17.6. The van der Waals surface area contributed by atoms with Crippen LogP contribution >= 0.6 is 0 Å². The van der Waals surface area contributed by atoms with Gasteiger partial charge >= 0.3 is 0 Å². The van der Waals surface area contributed by atoms with Gasteiger partial charge in [-0.25, -0.2) is 0 Å². The molecular weight excluding hydrogens is 354 g/mol. The third-order valence-electron chi connectivity index (χ3n) is 5.14. The maximum Gasteiger partial charge on any atom is 0.231 e. The summed E-state index contributed by atoms with van der Waals surface area (Å²) in [5.74, 6) is 2.29. The number of allylic oxidation sites excluding steroid dienone is 1. The number of Topliss-reactive ketones (excluding diaryl/α,β-unsaturated/α-hetero) is 1. The second-order valence-electron chi connectivity index (χ2n) is 7.12. The number of nitrogens with zero attached hydrogens (tertiary/aromatic N) is 1. The second-order valence-corrected chi connectivity index (χ2v) is 7.12. The Kier molecular flexibility index (Phi) is 5.63. The summed E-state index contributed by atoms with van der Waals surface area (Å²) in [6.07, 6.45) is 5.37. The minimum Gasteiger partial charge on any atom is -0.497 e. The van der Waals surface area contributed by atoms with E-state index in [-0.39, 0.29) is 5.78 Å². The zero-order valence-corrected chi connectivity index (χ0v) is 16.1. The minimum absolute atomic E-state index is 0.105. The molecule has 0 spiro atoms. The monoisotopic (exact) mass is 379 g/mol. The number of methoxy groups -OCH3 is 1. The Morgan fingerprint density at radius 2 is 1.82 bits per heavy atom. The lowest BCUT2D eigenvalue weighted by Gasteiger charge is -2.14. The molecule has 0 N–H and O–H groups in total. The Morgan fingerprint density at radius 1 is 1.07 bits per heavy atom. The van der Waals surface area contributed by atoms with Gasteiger partial charge in [0.15, 0.2) is 5.76 Å². The van der Waals surface area contributed by atoms with Crippen LogP contribution in [0.3, 0.4) is 0 Å². The number of fused-ring (bicyclic) bond motifs is 1. The molecule has 0 radical (unpaired) electrons. The molecule has 28 heavy (non-hydrogen) atoms. The molecular formula is C23H25NO4. The molecule has 146 valence electrons. The summed E-state index contributed by atoms with van der Waals surface area (Å²) < 4.78 is 16.8. The van der Waals surface area contributed by atoms with Crippen LogP contribution in [0.15, 0.2) is 48.2 Å². The van der Waals surface area contributed by atoms with Gasteiger partial charge in [0.1, 0.15) is 17.2 Å². The first kappa shape index (κ1) is 18.6. The SMILES string of the molecule is COc1ccc(/C=C2\Oc3cc(OCCCN4CCCC4)ccc3C2=O)cc1. The summed E-state index contributed by atoms with van der Waals surface area (Å²) in [6, 6.07) is 12.9. The average Bonchev–Trinajstić information content (AvgIpc) is 3.34. The number of rotatable bonds is 7. The van der Waals surface area contributed by atoms with Gasteiger partial charge in [0.05, 0.1) is 19.3 Å². The van der Waals surface area contributed by atoms with Crippen molar-refractivity contribution in [1.29, 1.82) is 0 Å². The lowest BCUT2D eigenvalue weighted by molar-refractivity contribution is 0.101. The average molecular weight is 379 g/mol. The first-order chi connectivity index (χ1) is 13.7. The van der Waals surface area contributed by atoms with E-state index in [0.29, 0.717) is 23.7 Å². The molecule has 5 nitrogen and oxygen atoms in total. The molecule has 4 rings (SSSR count). The smallest absolute Gasteiger partial charge is 0.231 e. The third kappa shape index (κ3) is 4.20. The fourth-order valence-electron chi connectivity index (χ4n) is 3.59. The van der Waals surface area contributed by atoms with Gasteiger partial charge in [-0.15, -0.1) is 0 Å². The van der Waals surface area contributed by atoms with Gasteiger partial charge in [-0.2, -0.15) is 0 Å². The number of ether oxygens (including phenoxy) is 3. The molecule has 2 aromatic carbocycles. The van der Waals surface area contributed by atoms with Crippen molar-refractivity contribution in [3.05, 3.63) is 59.4 Å². The molecule has 0 aliphatic carbocycles. The van der Waals surface area contributed by atoms with Crippen LogP contribution in [-0.2, 0) is 0 Å². The van der Waals surface area contributed by atoms with Crippen LogP contribution in [0.25, 0.3) is 6.08 Å². The van der Waals surface area contributed by atoms with Crippen LogP contribution in [0.4, 0.5) is 0 Å². The maximum atomic E-state index is 12.6. The summed E-state index contributed by atoms with van der Waals surface area (Å²) in [7, 11) is 1.62. The fraction of sp³-hybridized carbons (Fsp3) is 0.348. The van der Waals surface area contributed by atoms with E-state index in [1.165, 1.54) is 25.9 Å². The number of hydrogen-bond acceptors (Lipinski definition) is 5. The van der Waals surface area contributed by atoms with Crippen molar-refractivity contribution in [2.45, 2.75) is 19.3 Å². The predicted molar refractivity (Wildman–Crippen MR) is 108 cm³/mol. The highest BCUT2D eigenvalue weighted by Crippen LogP contribution is 2.35. The Hall–Kier alpha value is -2.79. The molecule has 0 amide bonds. The molecule has 2 aromatic rings. The molecule has 2 aliphatic rings. The van der Waals surface area contributed by atoms with Gasteiger partial charge in [0, 0.05) is 12.6 Å². The Balaban J connectivity index is 1.37. The van der Waals surface area contributed by atoms with Gasteiger partial charge in [0.25, 0.3) is 0 Å². The van der Waals surface area contributed by atoms with Crippen molar-refractivity contribution in [2.75, 3.05) is 33.4 Å². The highest BCUT2D eigenvalue weighted by molar-refractivity contribution is 6.14. The topological polar surface area (TPSA) is 48.0 Å². The number of carbonyl (C=O) groups excluding carboxylic acids is 1. The van der Waals surface area contributed by atoms with Crippen LogP contribution in [0.5, 0.6) is 17.2 Å². The zero-order valence-electron chi connectivity index (χ0n) is 16.1. The van der Waals surface area contributed by atoms with Gasteiger partial charge in [-0.05, 0) is 68.3 Å². The van der Waals surface area contributed by atoms with Gasteiger partial charge in [0.2, 0.25) is 5.78 Å². The van der Waals surface area contributed by atoms with E-state index in [1.807, 2.05) is 30.3 Å². The summed E-state index contributed by atoms with van der Waals surface area (Å²) >= 11 is 0. The molecule has 0 saturated carbocycles. The molecule has 0 aromatic heterocycles. The summed E-state index contributed by atoms with van der Waals surface area (Å²) in [5.41, 5.74) is 1.46. The highest BCUT2D eigenvalue weighted by atomic mass is 16.5. The molecule has 0 bridgehead atoms. The molecule has 0 unspecified atom stereocenters. The zero-order chi connectivity index (χ0) is 19.3. The van der Waals surface area contributed by atoms with Crippen LogP contribution < -0.4 is 14.2 Å². The molecule has 1 saturated heterocycles. The lowest BCUT2D eigenvalue weighted by Crippen LogP contribution is -2.21. The minimum atomic E-state index is -0.105. The van der Waals surface area contributed by atoms with Gasteiger partial charge in [-0.1, -0.05) is 12.1 Å². The number of likely N-dealkylation sites (tertiary alicyclic amines) is 1. The third-order valence-corrected chi connectivity index (χ3v) is 5.14. The number of hydrogen-bond donors (Lipinski definition) is 0. The van der Waals surface area contributed by atoms with Crippen LogP contribution in [0.1, 0.15) is 35.2 Å². The Morgan fingerprint density at radius 3 is 2.57 bits per heavy atom. The largest absolute Gasteiger partial charge is 0.497 e. The molecule has 2 aliphatic heterocycles. The van der Waals surface area contributed by atoms with E-state index in [0.717, 1.165) is 30.0 Å². The van der Waals surface area contributed by atoms with Gasteiger partial charge in [-0.3, -0.25) is 4.79 Å².